The Bertz CT molecular complexity index is 814. The molecule has 0 aromatic heterocycles. The SMILES string of the molecule is CS(=O)(=O)OCC(CCC#N)(C1=CCC(c2ccccc2)CC1)[N+](=O)[O-]. The van der Waals surface area contributed by atoms with Crippen LogP contribution >= 0.6 is 0 Å². The van der Waals surface area contributed by atoms with Crippen LogP contribution in [0, 0.1) is 21.4 Å². The summed E-state index contributed by atoms with van der Waals surface area (Å²) in [6.07, 6.45) is 4.41. The molecule has 0 spiro atoms. The van der Waals surface area contributed by atoms with Gasteiger partial charge in [0.25, 0.3) is 15.7 Å². The van der Waals surface area contributed by atoms with E-state index in [0.717, 1.165) is 12.7 Å². The molecule has 7 nitrogen and oxygen atoms in total. The van der Waals surface area contributed by atoms with E-state index in [1.165, 1.54) is 5.56 Å². The summed E-state index contributed by atoms with van der Waals surface area (Å²) >= 11 is 0. The van der Waals surface area contributed by atoms with Gasteiger partial charge in [0.15, 0.2) is 0 Å². The quantitative estimate of drug-likeness (QED) is 0.297. The zero-order valence-electron chi connectivity index (χ0n) is 14.6. The third-order valence-electron chi connectivity index (χ3n) is 4.79. The van der Waals surface area contributed by atoms with Crippen molar-refractivity contribution >= 4 is 10.1 Å². The Morgan fingerprint density at radius 2 is 2.08 bits per heavy atom. The number of allylic oxidation sites excluding steroid dienone is 1. The van der Waals surface area contributed by atoms with Gasteiger partial charge in [0, 0.05) is 23.3 Å². The van der Waals surface area contributed by atoms with E-state index in [9.17, 15) is 18.5 Å². The summed E-state index contributed by atoms with van der Waals surface area (Å²) in [4.78, 5) is 11.4. The van der Waals surface area contributed by atoms with Gasteiger partial charge in [-0.1, -0.05) is 36.4 Å². The summed E-state index contributed by atoms with van der Waals surface area (Å²) in [5, 5.41) is 20.8. The molecule has 8 heteroatoms. The Hall–Kier alpha value is -2.24. The smallest absolute Gasteiger partial charge is 0.264 e. The number of nitrogens with zero attached hydrogens (tertiary/aromatic N) is 2. The molecule has 0 fully saturated rings. The van der Waals surface area contributed by atoms with Crippen LogP contribution in [0.2, 0.25) is 0 Å². The first-order valence-electron chi connectivity index (χ1n) is 8.39. The molecule has 2 rings (SSSR count). The van der Waals surface area contributed by atoms with E-state index in [4.69, 9.17) is 9.44 Å². The van der Waals surface area contributed by atoms with Crippen LogP contribution in [-0.4, -0.2) is 31.7 Å². The molecule has 0 amide bonds. The zero-order chi connectivity index (χ0) is 19.2. The van der Waals surface area contributed by atoms with E-state index < -0.39 is 27.2 Å². The maximum Gasteiger partial charge on any atom is 0.268 e. The van der Waals surface area contributed by atoms with Crippen molar-refractivity contribution in [3.8, 4) is 6.07 Å². The summed E-state index contributed by atoms with van der Waals surface area (Å²) in [6, 6.07) is 11.8. The summed E-state index contributed by atoms with van der Waals surface area (Å²) < 4.78 is 27.5. The first-order valence-corrected chi connectivity index (χ1v) is 10.2. The summed E-state index contributed by atoms with van der Waals surface area (Å²) in [6.45, 7) is -0.581. The predicted octanol–water partition coefficient (Wildman–Crippen LogP) is 3.18. The molecule has 1 aliphatic carbocycles. The van der Waals surface area contributed by atoms with Crippen LogP contribution in [0.4, 0.5) is 0 Å². The van der Waals surface area contributed by atoms with Crippen molar-refractivity contribution in [3.05, 3.63) is 57.7 Å². The lowest BCUT2D eigenvalue weighted by atomic mass is 9.76. The van der Waals surface area contributed by atoms with Crippen molar-refractivity contribution in [1.29, 1.82) is 5.26 Å². The Labute approximate surface area is 153 Å². The third kappa shape index (κ3) is 4.90. The minimum absolute atomic E-state index is 0.0481. The van der Waals surface area contributed by atoms with E-state index in [1.807, 2.05) is 42.5 Å². The Balaban J connectivity index is 2.28. The fourth-order valence-electron chi connectivity index (χ4n) is 3.34. The lowest BCUT2D eigenvalue weighted by molar-refractivity contribution is -0.562. The molecule has 1 aromatic carbocycles. The fraction of sp³-hybridized carbons (Fsp3) is 0.500. The van der Waals surface area contributed by atoms with Gasteiger partial charge in [0.2, 0.25) is 0 Å². The molecule has 2 unspecified atom stereocenters. The van der Waals surface area contributed by atoms with Crippen molar-refractivity contribution in [1.82, 2.24) is 0 Å². The maximum atomic E-state index is 11.9. The van der Waals surface area contributed by atoms with Crippen molar-refractivity contribution < 1.29 is 17.5 Å². The van der Waals surface area contributed by atoms with Crippen molar-refractivity contribution in [2.24, 2.45) is 0 Å². The van der Waals surface area contributed by atoms with E-state index >= 15 is 0 Å². The highest BCUT2D eigenvalue weighted by Crippen LogP contribution is 2.39. The summed E-state index contributed by atoms with van der Waals surface area (Å²) in [5.41, 5.74) is 0.0491. The molecule has 140 valence electrons. The number of nitriles is 1. The number of hydrogen-bond acceptors (Lipinski definition) is 6. The van der Waals surface area contributed by atoms with E-state index in [1.54, 1.807) is 0 Å². The largest absolute Gasteiger partial charge is 0.268 e. The van der Waals surface area contributed by atoms with E-state index in [-0.39, 0.29) is 18.8 Å². The second-order valence-electron chi connectivity index (χ2n) is 6.52. The lowest BCUT2D eigenvalue weighted by Crippen LogP contribution is -2.46. The Morgan fingerprint density at radius 3 is 2.58 bits per heavy atom. The minimum Gasteiger partial charge on any atom is -0.264 e. The van der Waals surface area contributed by atoms with E-state index in [0.29, 0.717) is 18.4 Å². The number of benzene rings is 1. The molecular weight excluding hydrogens is 356 g/mol. The Kier molecular flexibility index (Phi) is 6.51. The maximum absolute atomic E-state index is 11.9. The van der Waals surface area contributed by atoms with Gasteiger partial charge in [-0.3, -0.25) is 14.3 Å². The molecule has 0 radical (unpaired) electrons. The van der Waals surface area contributed by atoms with Gasteiger partial charge in [0.05, 0.1) is 12.3 Å². The average Bonchev–Trinajstić information content (AvgIpc) is 2.62. The highest BCUT2D eigenvalue weighted by Gasteiger charge is 2.48. The van der Waals surface area contributed by atoms with Crippen molar-refractivity contribution in [2.45, 2.75) is 43.6 Å². The van der Waals surface area contributed by atoms with Gasteiger partial charge in [-0.2, -0.15) is 13.7 Å². The molecule has 1 aliphatic rings. The molecular formula is C18H22N2O5S. The van der Waals surface area contributed by atoms with E-state index in [2.05, 4.69) is 0 Å². The van der Waals surface area contributed by atoms with Crippen LogP contribution in [0.25, 0.3) is 0 Å². The van der Waals surface area contributed by atoms with Crippen LogP contribution in [0.3, 0.4) is 0 Å². The molecule has 0 aliphatic heterocycles. The lowest BCUT2D eigenvalue weighted by Gasteiger charge is -2.31. The second kappa shape index (κ2) is 8.43. The summed E-state index contributed by atoms with van der Waals surface area (Å²) in [5.74, 6) is 0.274. The second-order valence-corrected chi connectivity index (χ2v) is 8.17. The molecule has 0 saturated carbocycles. The molecule has 0 saturated heterocycles. The zero-order valence-corrected chi connectivity index (χ0v) is 15.4. The molecule has 0 heterocycles. The standard InChI is InChI=1S/C18H22N2O5S/c1-26(23,24)25-14-18(20(21)22,12-5-13-19)17-10-8-16(9-11-17)15-6-3-2-4-7-15/h2-4,6-7,10,16H,5,8-9,11-12,14H2,1H3. The van der Waals surface area contributed by atoms with Gasteiger partial charge < -0.3 is 0 Å². The monoisotopic (exact) mass is 378 g/mol. The molecule has 0 N–H and O–H groups in total. The average molecular weight is 378 g/mol. The number of rotatable bonds is 8. The third-order valence-corrected chi connectivity index (χ3v) is 5.34. The topological polar surface area (TPSA) is 110 Å². The van der Waals surface area contributed by atoms with Gasteiger partial charge >= 0.3 is 0 Å². The first kappa shape index (κ1) is 20.1. The normalized spacial score (nSPS) is 19.8. The highest BCUT2D eigenvalue weighted by atomic mass is 32.2. The molecule has 2 atom stereocenters. The number of hydrogen-bond donors (Lipinski definition) is 0. The van der Waals surface area contributed by atoms with Crippen LogP contribution < -0.4 is 0 Å². The van der Waals surface area contributed by atoms with Gasteiger partial charge in [0.1, 0.15) is 6.61 Å². The van der Waals surface area contributed by atoms with Crippen LogP contribution in [-0.2, 0) is 14.3 Å². The Morgan fingerprint density at radius 1 is 1.38 bits per heavy atom. The van der Waals surface area contributed by atoms with Crippen LogP contribution in [0.15, 0.2) is 42.0 Å². The highest BCUT2D eigenvalue weighted by molar-refractivity contribution is 7.85. The predicted molar refractivity (Wildman–Crippen MR) is 96.5 cm³/mol. The molecule has 26 heavy (non-hydrogen) atoms. The summed E-state index contributed by atoms with van der Waals surface area (Å²) in [7, 11) is -3.82. The van der Waals surface area contributed by atoms with Crippen LogP contribution in [0.1, 0.15) is 43.6 Å². The van der Waals surface area contributed by atoms with Gasteiger partial charge in [-0.15, -0.1) is 0 Å². The minimum atomic E-state index is -3.82. The van der Waals surface area contributed by atoms with Gasteiger partial charge in [-0.05, 0) is 30.7 Å². The fourth-order valence-corrected chi connectivity index (χ4v) is 3.75. The number of nitro groups is 1. The van der Waals surface area contributed by atoms with Crippen molar-refractivity contribution in [3.63, 3.8) is 0 Å². The van der Waals surface area contributed by atoms with Crippen LogP contribution in [0.5, 0.6) is 0 Å². The van der Waals surface area contributed by atoms with Crippen molar-refractivity contribution in [2.75, 3.05) is 12.9 Å². The molecule has 1 aromatic rings. The van der Waals surface area contributed by atoms with Gasteiger partial charge in [-0.25, -0.2) is 0 Å². The first-order chi connectivity index (χ1) is 12.3. The molecule has 0 bridgehead atoms.